The van der Waals surface area contributed by atoms with Gasteiger partial charge >= 0.3 is 5.97 Å². The molecule has 0 aliphatic carbocycles. The molecule has 1 unspecified atom stereocenters. The fourth-order valence-corrected chi connectivity index (χ4v) is 2.58. The van der Waals surface area contributed by atoms with Gasteiger partial charge < -0.3 is 15.3 Å². The summed E-state index contributed by atoms with van der Waals surface area (Å²) in [7, 11) is 0. The molecule has 0 bridgehead atoms. The Morgan fingerprint density at radius 2 is 1.70 bits per heavy atom. The van der Waals surface area contributed by atoms with Gasteiger partial charge in [-0.3, -0.25) is 9.59 Å². The number of aliphatic carboxylic acids is 1. The van der Waals surface area contributed by atoms with Crippen molar-refractivity contribution in [2.45, 2.75) is 32.7 Å². The Morgan fingerprint density at radius 1 is 1.13 bits per heavy atom. The second-order valence-corrected chi connectivity index (χ2v) is 6.11. The second kappa shape index (κ2) is 7.26. The predicted octanol–water partition coefficient (Wildman–Crippen LogP) is 1.69. The number of amides is 1. The van der Waals surface area contributed by atoms with Gasteiger partial charge in [-0.05, 0) is 30.2 Å². The van der Waals surface area contributed by atoms with E-state index in [1.807, 2.05) is 12.1 Å². The molecule has 0 spiro atoms. The number of anilines is 1. The fraction of sp³-hybridized carbons (Fsp3) is 0.471. The van der Waals surface area contributed by atoms with Crippen LogP contribution in [0.3, 0.4) is 0 Å². The zero-order chi connectivity index (χ0) is 17.0. The average Bonchev–Trinajstić information content (AvgIpc) is 2.52. The van der Waals surface area contributed by atoms with Gasteiger partial charge in [-0.15, -0.1) is 0 Å². The summed E-state index contributed by atoms with van der Waals surface area (Å²) < 4.78 is 0. The number of carbonyl (C=O) groups excluding carboxylic acids is 2. The van der Waals surface area contributed by atoms with E-state index in [0.717, 1.165) is 5.69 Å². The Kier molecular flexibility index (Phi) is 5.36. The summed E-state index contributed by atoms with van der Waals surface area (Å²) in [5, 5.41) is 11.7. The van der Waals surface area contributed by atoms with E-state index in [2.05, 4.69) is 10.2 Å². The topological polar surface area (TPSA) is 86.7 Å². The maximum Gasteiger partial charge on any atom is 0.326 e. The van der Waals surface area contributed by atoms with E-state index in [1.165, 1.54) is 0 Å². The number of carboxylic acids is 1. The largest absolute Gasteiger partial charge is 0.480 e. The lowest BCUT2D eigenvalue weighted by molar-refractivity contribution is -0.140. The Labute approximate surface area is 135 Å². The van der Waals surface area contributed by atoms with Gasteiger partial charge in [0.1, 0.15) is 11.8 Å². The third kappa shape index (κ3) is 4.31. The zero-order valence-electron chi connectivity index (χ0n) is 13.4. The first-order valence-corrected chi connectivity index (χ1v) is 7.79. The maximum atomic E-state index is 12.2. The van der Waals surface area contributed by atoms with Crippen LogP contribution in [0, 0.1) is 5.92 Å². The smallest absolute Gasteiger partial charge is 0.326 e. The highest BCUT2D eigenvalue weighted by atomic mass is 16.4. The Balaban J connectivity index is 2.02. The van der Waals surface area contributed by atoms with Gasteiger partial charge in [0.15, 0.2) is 0 Å². The first-order chi connectivity index (χ1) is 10.9. The molecule has 0 radical (unpaired) electrons. The highest BCUT2D eigenvalue weighted by Gasteiger charge is 2.24. The van der Waals surface area contributed by atoms with Crippen molar-refractivity contribution in [2.75, 3.05) is 18.0 Å². The summed E-state index contributed by atoms with van der Waals surface area (Å²) >= 11 is 0. The summed E-state index contributed by atoms with van der Waals surface area (Å²) in [6, 6.07) is 6.11. The molecule has 0 aromatic heterocycles. The molecule has 23 heavy (non-hydrogen) atoms. The lowest BCUT2D eigenvalue weighted by atomic mass is 10.0. The zero-order valence-corrected chi connectivity index (χ0v) is 13.4. The van der Waals surface area contributed by atoms with E-state index in [9.17, 15) is 14.4 Å². The van der Waals surface area contributed by atoms with Crippen LogP contribution in [0.2, 0.25) is 0 Å². The van der Waals surface area contributed by atoms with Gasteiger partial charge in [0, 0.05) is 37.2 Å². The Hall–Kier alpha value is -2.37. The lowest BCUT2D eigenvalue weighted by Gasteiger charge is -2.28. The molecule has 1 atom stereocenters. The number of ketones is 1. The summed E-state index contributed by atoms with van der Waals surface area (Å²) in [5.74, 6) is -1.35. The highest BCUT2D eigenvalue weighted by molar-refractivity contribution is 5.97. The van der Waals surface area contributed by atoms with Gasteiger partial charge in [0.2, 0.25) is 0 Å². The van der Waals surface area contributed by atoms with Crippen molar-refractivity contribution in [1.82, 2.24) is 5.32 Å². The second-order valence-electron chi connectivity index (χ2n) is 6.11. The van der Waals surface area contributed by atoms with Crippen LogP contribution in [0.25, 0.3) is 0 Å². The first kappa shape index (κ1) is 17.0. The quantitative estimate of drug-likeness (QED) is 0.863. The van der Waals surface area contributed by atoms with Crippen molar-refractivity contribution in [1.29, 1.82) is 0 Å². The van der Waals surface area contributed by atoms with Crippen molar-refractivity contribution >= 4 is 23.3 Å². The minimum Gasteiger partial charge on any atom is -0.480 e. The SMILES string of the molecule is CC(C)C(NC(=O)c1ccc(N2CCC(=O)CC2)cc1)C(=O)O. The van der Waals surface area contributed by atoms with Crippen molar-refractivity contribution < 1.29 is 19.5 Å². The molecule has 6 nitrogen and oxygen atoms in total. The first-order valence-electron chi connectivity index (χ1n) is 7.79. The molecule has 0 saturated carbocycles. The summed E-state index contributed by atoms with van der Waals surface area (Å²) in [6.45, 7) is 4.89. The van der Waals surface area contributed by atoms with Gasteiger partial charge in [0.25, 0.3) is 5.91 Å². The number of carboxylic acid groups (broad SMARTS) is 1. The van der Waals surface area contributed by atoms with E-state index in [0.29, 0.717) is 31.5 Å². The molecule has 1 aromatic carbocycles. The lowest BCUT2D eigenvalue weighted by Crippen LogP contribution is -2.44. The van der Waals surface area contributed by atoms with E-state index in [4.69, 9.17) is 5.11 Å². The molecule has 1 aliphatic rings. The summed E-state index contributed by atoms with van der Waals surface area (Å²) in [5.41, 5.74) is 1.39. The van der Waals surface area contributed by atoms with Gasteiger partial charge in [-0.25, -0.2) is 4.79 Å². The number of nitrogens with zero attached hydrogens (tertiary/aromatic N) is 1. The highest BCUT2D eigenvalue weighted by Crippen LogP contribution is 2.19. The van der Waals surface area contributed by atoms with Crippen LogP contribution in [0.5, 0.6) is 0 Å². The van der Waals surface area contributed by atoms with Crippen molar-refractivity contribution in [3.63, 3.8) is 0 Å². The van der Waals surface area contributed by atoms with Gasteiger partial charge in [0.05, 0.1) is 0 Å². The summed E-state index contributed by atoms with van der Waals surface area (Å²) in [4.78, 5) is 36.7. The molecule has 1 aromatic rings. The number of hydrogen-bond acceptors (Lipinski definition) is 4. The van der Waals surface area contributed by atoms with Crippen molar-refractivity contribution in [2.24, 2.45) is 5.92 Å². The molecule has 2 rings (SSSR count). The standard InChI is InChI=1S/C17H22N2O4/c1-11(2)15(17(22)23)18-16(21)12-3-5-13(6-4-12)19-9-7-14(20)8-10-19/h3-6,11,15H,7-10H2,1-2H3,(H,18,21)(H,22,23). The van der Waals surface area contributed by atoms with Crippen LogP contribution >= 0.6 is 0 Å². The van der Waals surface area contributed by atoms with Gasteiger partial charge in [-0.2, -0.15) is 0 Å². The maximum absolute atomic E-state index is 12.2. The molecule has 1 fully saturated rings. The van der Waals surface area contributed by atoms with Crippen LogP contribution < -0.4 is 10.2 Å². The van der Waals surface area contributed by atoms with Crippen LogP contribution in [0.4, 0.5) is 5.69 Å². The average molecular weight is 318 g/mol. The minimum atomic E-state index is -1.04. The third-order valence-electron chi connectivity index (χ3n) is 4.04. The van der Waals surface area contributed by atoms with Crippen molar-refractivity contribution in [3.8, 4) is 0 Å². The predicted molar refractivity (Wildman–Crippen MR) is 86.6 cm³/mol. The Bertz CT molecular complexity index is 585. The van der Waals surface area contributed by atoms with Crippen LogP contribution in [-0.4, -0.2) is 41.9 Å². The molecular formula is C17H22N2O4. The number of carbonyl (C=O) groups is 3. The monoisotopic (exact) mass is 318 g/mol. The van der Waals surface area contributed by atoms with Crippen LogP contribution in [0.15, 0.2) is 24.3 Å². The van der Waals surface area contributed by atoms with Crippen molar-refractivity contribution in [3.05, 3.63) is 29.8 Å². The number of benzene rings is 1. The van der Waals surface area contributed by atoms with E-state index < -0.39 is 17.9 Å². The molecular weight excluding hydrogens is 296 g/mol. The van der Waals surface area contributed by atoms with E-state index >= 15 is 0 Å². The fourth-order valence-electron chi connectivity index (χ4n) is 2.58. The number of rotatable bonds is 5. The third-order valence-corrected chi connectivity index (χ3v) is 4.04. The van der Waals surface area contributed by atoms with Crippen LogP contribution in [0.1, 0.15) is 37.0 Å². The minimum absolute atomic E-state index is 0.193. The Morgan fingerprint density at radius 3 is 2.17 bits per heavy atom. The number of nitrogens with one attached hydrogen (secondary N) is 1. The molecule has 124 valence electrons. The van der Waals surface area contributed by atoms with E-state index in [1.54, 1.807) is 26.0 Å². The normalized spacial score (nSPS) is 16.3. The molecule has 1 saturated heterocycles. The number of piperidine rings is 1. The number of Topliss-reactive ketones (excluding diaryl/α,β-unsaturated/α-hetero) is 1. The summed E-state index contributed by atoms with van der Waals surface area (Å²) in [6.07, 6.45) is 1.10. The van der Waals surface area contributed by atoms with Crippen LogP contribution in [-0.2, 0) is 9.59 Å². The molecule has 1 amide bonds. The molecule has 1 aliphatic heterocycles. The molecule has 1 heterocycles. The van der Waals surface area contributed by atoms with Gasteiger partial charge in [-0.1, -0.05) is 13.8 Å². The number of hydrogen-bond donors (Lipinski definition) is 2. The molecule has 2 N–H and O–H groups in total. The molecule has 6 heteroatoms. The van der Waals surface area contributed by atoms with E-state index in [-0.39, 0.29) is 11.7 Å².